The summed E-state index contributed by atoms with van der Waals surface area (Å²) in [6.45, 7) is 0. The number of aromatic nitrogens is 3. The lowest BCUT2D eigenvalue weighted by Crippen LogP contribution is -2.09. The Morgan fingerprint density at radius 3 is 2.63 bits per heavy atom. The molecule has 0 aliphatic heterocycles. The molecule has 0 saturated carbocycles. The molecule has 9 heteroatoms. The number of carbonyl (C=O) groups is 1. The van der Waals surface area contributed by atoms with Crippen molar-refractivity contribution in [3.63, 3.8) is 0 Å². The molecule has 0 bridgehead atoms. The van der Waals surface area contributed by atoms with Gasteiger partial charge in [-0.2, -0.15) is 5.10 Å². The van der Waals surface area contributed by atoms with Crippen molar-refractivity contribution in [1.82, 2.24) is 14.8 Å². The normalized spacial score (nSPS) is 11.5. The smallest absolute Gasteiger partial charge is 0.339 e. The molecule has 0 aliphatic rings. The van der Waals surface area contributed by atoms with E-state index in [9.17, 15) is 17.6 Å². The van der Waals surface area contributed by atoms with Gasteiger partial charge in [-0.15, -0.1) is 0 Å². The third-order valence-electron chi connectivity index (χ3n) is 2.27. The average molecular weight is 285 g/mol. The van der Waals surface area contributed by atoms with Crippen LogP contribution in [0.1, 0.15) is 10.4 Å². The fourth-order valence-electron chi connectivity index (χ4n) is 1.39. The monoisotopic (exact) mass is 285 g/mol. The molecule has 7 nitrogen and oxygen atoms in total. The van der Waals surface area contributed by atoms with Gasteiger partial charge in [0.1, 0.15) is 16.3 Å². The van der Waals surface area contributed by atoms with Crippen LogP contribution in [0.5, 0.6) is 0 Å². The van der Waals surface area contributed by atoms with E-state index in [0.29, 0.717) is 0 Å². The highest BCUT2D eigenvalue weighted by atomic mass is 32.2. The number of carboxylic acid groups (broad SMARTS) is 1. The molecule has 1 N–H and O–H groups in total. The molecular formula is C10H8FN3O4S. The van der Waals surface area contributed by atoms with E-state index >= 15 is 0 Å². The van der Waals surface area contributed by atoms with E-state index in [4.69, 9.17) is 5.11 Å². The lowest BCUT2D eigenvalue weighted by Gasteiger charge is -2.04. The van der Waals surface area contributed by atoms with Crippen LogP contribution in [0.25, 0.3) is 5.82 Å². The molecule has 0 radical (unpaired) electrons. The van der Waals surface area contributed by atoms with E-state index in [0.717, 1.165) is 35.6 Å². The minimum absolute atomic E-state index is 0.0880. The Balaban J connectivity index is 2.60. The highest BCUT2D eigenvalue weighted by molar-refractivity contribution is 7.90. The molecule has 2 aromatic heterocycles. The highest BCUT2D eigenvalue weighted by Crippen LogP contribution is 2.15. The summed E-state index contributed by atoms with van der Waals surface area (Å²) in [6.07, 6.45) is 3.99. The number of sulfone groups is 1. The Morgan fingerprint density at radius 1 is 1.42 bits per heavy atom. The van der Waals surface area contributed by atoms with Crippen molar-refractivity contribution in [3.05, 3.63) is 36.0 Å². The molecule has 0 saturated heterocycles. The van der Waals surface area contributed by atoms with Crippen molar-refractivity contribution in [1.29, 1.82) is 0 Å². The maximum atomic E-state index is 13.0. The Morgan fingerprint density at radius 2 is 2.11 bits per heavy atom. The molecule has 2 rings (SSSR count). The van der Waals surface area contributed by atoms with Gasteiger partial charge in [0.15, 0.2) is 15.7 Å². The molecule has 100 valence electrons. The van der Waals surface area contributed by atoms with E-state index in [1.54, 1.807) is 0 Å². The van der Waals surface area contributed by atoms with Gasteiger partial charge in [0.25, 0.3) is 0 Å². The van der Waals surface area contributed by atoms with Gasteiger partial charge in [0.2, 0.25) is 0 Å². The number of pyridine rings is 1. The van der Waals surface area contributed by atoms with E-state index < -0.39 is 27.2 Å². The van der Waals surface area contributed by atoms with Crippen LogP contribution in [-0.2, 0) is 9.84 Å². The number of rotatable bonds is 3. The first-order chi connectivity index (χ1) is 8.79. The lowest BCUT2D eigenvalue weighted by atomic mass is 10.2. The summed E-state index contributed by atoms with van der Waals surface area (Å²) in [4.78, 5) is 14.5. The standard InChI is InChI=1S/C10H8FN3O4S/c1-19(17,18)7-4-13-14(5-7)9-8(10(15)16)2-6(11)3-12-9/h2-5H,1H3,(H,15,16). The van der Waals surface area contributed by atoms with Gasteiger partial charge in [0, 0.05) is 6.26 Å². The molecule has 19 heavy (non-hydrogen) atoms. The summed E-state index contributed by atoms with van der Waals surface area (Å²) in [6, 6.07) is 0.784. The van der Waals surface area contributed by atoms with Crippen molar-refractivity contribution < 1.29 is 22.7 Å². The quantitative estimate of drug-likeness (QED) is 0.881. The summed E-state index contributed by atoms with van der Waals surface area (Å²) in [5.74, 6) is -2.36. The number of hydrogen-bond donors (Lipinski definition) is 1. The summed E-state index contributed by atoms with van der Waals surface area (Å²) < 4.78 is 36.5. The zero-order valence-electron chi connectivity index (χ0n) is 9.61. The third kappa shape index (κ3) is 2.60. The van der Waals surface area contributed by atoms with Crippen LogP contribution in [0.2, 0.25) is 0 Å². The second kappa shape index (κ2) is 4.43. The second-order valence-corrected chi connectivity index (χ2v) is 5.74. The van der Waals surface area contributed by atoms with Crippen LogP contribution in [-0.4, -0.2) is 40.5 Å². The van der Waals surface area contributed by atoms with Gasteiger partial charge in [0.05, 0.1) is 18.6 Å². The SMILES string of the molecule is CS(=O)(=O)c1cnn(-c2ncc(F)cc2C(=O)O)c1. The maximum Gasteiger partial charge on any atom is 0.339 e. The molecular weight excluding hydrogens is 277 g/mol. The summed E-state index contributed by atoms with van der Waals surface area (Å²) in [5.41, 5.74) is -0.414. The minimum Gasteiger partial charge on any atom is -0.478 e. The first-order valence-electron chi connectivity index (χ1n) is 4.93. The largest absolute Gasteiger partial charge is 0.478 e. The number of halogens is 1. The van der Waals surface area contributed by atoms with Crippen LogP contribution in [0.4, 0.5) is 4.39 Å². The Bertz CT molecular complexity index is 754. The number of hydrogen-bond acceptors (Lipinski definition) is 5. The van der Waals surface area contributed by atoms with Crippen molar-refractivity contribution in [2.75, 3.05) is 6.26 Å². The summed E-state index contributed by atoms with van der Waals surface area (Å²) in [7, 11) is -3.46. The second-order valence-electron chi connectivity index (χ2n) is 3.72. The van der Waals surface area contributed by atoms with Gasteiger partial charge >= 0.3 is 5.97 Å². The zero-order valence-corrected chi connectivity index (χ0v) is 10.4. The molecule has 0 unspecified atom stereocenters. The first-order valence-corrected chi connectivity index (χ1v) is 6.82. The predicted molar refractivity (Wildman–Crippen MR) is 61.4 cm³/mol. The molecule has 0 fully saturated rings. The molecule has 0 amide bonds. The van der Waals surface area contributed by atoms with Crippen molar-refractivity contribution in [2.24, 2.45) is 0 Å². The van der Waals surface area contributed by atoms with Crippen LogP contribution in [0.15, 0.2) is 29.6 Å². The average Bonchev–Trinajstić information content (AvgIpc) is 2.77. The van der Waals surface area contributed by atoms with Gasteiger partial charge in [-0.1, -0.05) is 0 Å². The zero-order chi connectivity index (χ0) is 14.2. The Kier molecular flexibility index (Phi) is 3.06. The fraction of sp³-hybridized carbons (Fsp3) is 0.100. The summed E-state index contributed by atoms with van der Waals surface area (Å²) >= 11 is 0. The lowest BCUT2D eigenvalue weighted by molar-refractivity contribution is 0.0695. The molecule has 0 aliphatic carbocycles. The van der Waals surface area contributed by atoms with Crippen molar-refractivity contribution in [3.8, 4) is 5.82 Å². The topological polar surface area (TPSA) is 102 Å². The fourth-order valence-corrected chi connectivity index (χ4v) is 1.92. The summed E-state index contributed by atoms with van der Waals surface area (Å²) in [5, 5.41) is 12.7. The molecule has 0 spiro atoms. The third-order valence-corrected chi connectivity index (χ3v) is 3.33. The first kappa shape index (κ1) is 13.1. The van der Waals surface area contributed by atoms with E-state index in [-0.39, 0.29) is 10.7 Å². The van der Waals surface area contributed by atoms with E-state index in [1.165, 1.54) is 0 Å². The van der Waals surface area contributed by atoms with Crippen molar-refractivity contribution in [2.45, 2.75) is 4.90 Å². The molecule has 2 heterocycles. The van der Waals surface area contributed by atoms with Crippen LogP contribution >= 0.6 is 0 Å². The highest BCUT2D eigenvalue weighted by Gasteiger charge is 2.17. The van der Waals surface area contributed by atoms with Crippen LogP contribution in [0, 0.1) is 5.82 Å². The van der Waals surface area contributed by atoms with Gasteiger partial charge in [-0.05, 0) is 6.07 Å². The number of nitrogens with zero attached hydrogens (tertiary/aromatic N) is 3. The van der Waals surface area contributed by atoms with E-state index in [1.807, 2.05) is 0 Å². The Hall–Kier alpha value is -2.29. The van der Waals surface area contributed by atoms with Crippen molar-refractivity contribution >= 4 is 15.8 Å². The number of aromatic carboxylic acids is 1. The minimum atomic E-state index is -3.46. The Labute approximate surface area is 107 Å². The predicted octanol–water partition coefficient (Wildman–Crippen LogP) is 0.508. The van der Waals surface area contributed by atoms with E-state index in [2.05, 4.69) is 10.1 Å². The molecule has 0 atom stereocenters. The van der Waals surface area contributed by atoms with Gasteiger partial charge in [-0.3, -0.25) is 0 Å². The van der Waals surface area contributed by atoms with Gasteiger partial charge in [-0.25, -0.2) is 27.3 Å². The van der Waals surface area contributed by atoms with Crippen LogP contribution < -0.4 is 0 Å². The molecule has 0 aromatic carbocycles. The number of carboxylic acids is 1. The van der Waals surface area contributed by atoms with Gasteiger partial charge < -0.3 is 5.11 Å². The molecule has 2 aromatic rings. The maximum absolute atomic E-state index is 13.0. The van der Waals surface area contributed by atoms with Crippen LogP contribution in [0.3, 0.4) is 0 Å².